The largest absolute Gasteiger partial charge is 0.352 e. The predicted molar refractivity (Wildman–Crippen MR) is 87.1 cm³/mol. The number of nitrogens with one attached hydrogen (secondary N) is 1. The molecule has 0 saturated heterocycles. The van der Waals surface area contributed by atoms with Crippen LogP contribution in [-0.4, -0.2) is 27.5 Å². The predicted octanol–water partition coefficient (Wildman–Crippen LogP) is 3.12. The van der Waals surface area contributed by atoms with Crippen molar-refractivity contribution in [3.05, 3.63) is 50.6 Å². The summed E-state index contributed by atoms with van der Waals surface area (Å²) in [5.41, 5.74) is -0.345. The lowest BCUT2D eigenvalue weighted by Gasteiger charge is -2.05. The number of nitro benzene ring substituents is 1. The fraction of sp³-hybridized carbons (Fsp3) is 0.400. The fourth-order valence-electron chi connectivity index (χ4n) is 1.99. The van der Waals surface area contributed by atoms with Crippen molar-refractivity contribution in [2.45, 2.75) is 32.6 Å². The second-order valence-corrected chi connectivity index (χ2v) is 5.92. The van der Waals surface area contributed by atoms with E-state index in [4.69, 9.17) is 16.1 Å². The molecule has 0 fully saturated rings. The van der Waals surface area contributed by atoms with Gasteiger partial charge in [-0.25, -0.2) is 0 Å². The SMILES string of the molecule is CC(C)c1noc(CCCNC(=O)c2ccc(Cl)cc2[N+](=O)[O-])n1. The van der Waals surface area contributed by atoms with Gasteiger partial charge in [0.2, 0.25) is 5.89 Å². The molecule has 1 aromatic heterocycles. The minimum absolute atomic E-state index is 0.0238. The summed E-state index contributed by atoms with van der Waals surface area (Å²) in [5.74, 6) is 0.815. The Bertz CT molecular complexity index is 745. The Morgan fingerprint density at radius 1 is 1.46 bits per heavy atom. The number of amides is 1. The Balaban J connectivity index is 1.88. The van der Waals surface area contributed by atoms with Crippen LogP contribution in [0.25, 0.3) is 0 Å². The highest BCUT2D eigenvalue weighted by Gasteiger charge is 2.20. The lowest BCUT2D eigenvalue weighted by molar-refractivity contribution is -0.385. The van der Waals surface area contributed by atoms with Crippen LogP contribution >= 0.6 is 11.6 Å². The molecule has 0 spiro atoms. The third-order valence-corrected chi connectivity index (χ3v) is 3.49. The van der Waals surface area contributed by atoms with Gasteiger partial charge in [0.15, 0.2) is 5.82 Å². The van der Waals surface area contributed by atoms with Crippen LogP contribution in [0.4, 0.5) is 5.69 Å². The van der Waals surface area contributed by atoms with Crippen LogP contribution in [0, 0.1) is 10.1 Å². The Morgan fingerprint density at radius 2 is 2.21 bits per heavy atom. The summed E-state index contributed by atoms with van der Waals surface area (Å²) in [7, 11) is 0. The fourth-order valence-corrected chi connectivity index (χ4v) is 2.16. The molecule has 0 aliphatic carbocycles. The molecule has 24 heavy (non-hydrogen) atoms. The minimum atomic E-state index is -0.632. The van der Waals surface area contributed by atoms with Gasteiger partial charge in [0.05, 0.1) is 4.92 Å². The first-order valence-corrected chi connectivity index (χ1v) is 7.81. The van der Waals surface area contributed by atoms with E-state index in [9.17, 15) is 14.9 Å². The molecule has 0 atom stereocenters. The van der Waals surface area contributed by atoms with Crippen molar-refractivity contribution < 1.29 is 14.2 Å². The molecular formula is C15H17ClN4O4. The van der Waals surface area contributed by atoms with Gasteiger partial charge >= 0.3 is 0 Å². The van der Waals surface area contributed by atoms with Gasteiger partial charge in [0.1, 0.15) is 5.56 Å². The van der Waals surface area contributed by atoms with Gasteiger partial charge < -0.3 is 9.84 Å². The average Bonchev–Trinajstić information content (AvgIpc) is 3.00. The summed E-state index contributed by atoms with van der Waals surface area (Å²) in [4.78, 5) is 26.7. The Morgan fingerprint density at radius 3 is 2.83 bits per heavy atom. The number of benzene rings is 1. The molecule has 0 unspecified atom stereocenters. The molecular weight excluding hydrogens is 336 g/mol. The first-order valence-electron chi connectivity index (χ1n) is 7.43. The second kappa shape index (κ2) is 7.87. The number of aryl methyl sites for hydroxylation is 1. The second-order valence-electron chi connectivity index (χ2n) is 5.48. The van der Waals surface area contributed by atoms with Crippen LogP contribution in [0.2, 0.25) is 5.02 Å². The van der Waals surface area contributed by atoms with E-state index >= 15 is 0 Å². The summed E-state index contributed by atoms with van der Waals surface area (Å²) in [6, 6.07) is 3.93. The summed E-state index contributed by atoms with van der Waals surface area (Å²) in [5, 5.41) is 17.7. The number of nitrogens with zero attached hydrogens (tertiary/aromatic N) is 3. The molecule has 128 valence electrons. The van der Waals surface area contributed by atoms with Crippen LogP contribution in [0.15, 0.2) is 22.7 Å². The van der Waals surface area contributed by atoms with E-state index < -0.39 is 10.8 Å². The monoisotopic (exact) mass is 352 g/mol. The van der Waals surface area contributed by atoms with E-state index in [0.717, 1.165) is 6.07 Å². The zero-order chi connectivity index (χ0) is 17.7. The van der Waals surface area contributed by atoms with Crippen molar-refractivity contribution in [2.75, 3.05) is 6.54 Å². The van der Waals surface area contributed by atoms with E-state index in [1.54, 1.807) is 0 Å². The molecule has 1 amide bonds. The highest BCUT2D eigenvalue weighted by Crippen LogP contribution is 2.23. The van der Waals surface area contributed by atoms with E-state index in [1.807, 2.05) is 13.8 Å². The number of carbonyl (C=O) groups is 1. The number of halogens is 1. The standard InChI is InChI=1S/C15H17ClN4O4/c1-9(2)14-18-13(24-19-14)4-3-7-17-15(21)11-6-5-10(16)8-12(11)20(22)23/h5-6,8-9H,3-4,7H2,1-2H3,(H,17,21). The number of carbonyl (C=O) groups excluding carboxylic acids is 1. The van der Waals surface area contributed by atoms with Crippen LogP contribution in [0.1, 0.15) is 48.3 Å². The van der Waals surface area contributed by atoms with Gasteiger partial charge in [-0.3, -0.25) is 14.9 Å². The molecule has 8 nitrogen and oxygen atoms in total. The first-order chi connectivity index (χ1) is 11.4. The average molecular weight is 353 g/mol. The zero-order valence-electron chi connectivity index (χ0n) is 13.3. The van der Waals surface area contributed by atoms with Gasteiger partial charge in [-0.05, 0) is 18.6 Å². The molecule has 1 N–H and O–H groups in total. The summed E-state index contributed by atoms with van der Waals surface area (Å²) < 4.78 is 5.10. The maximum Gasteiger partial charge on any atom is 0.283 e. The van der Waals surface area contributed by atoms with Gasteiger partial charge in [-0.15, -0.1) is 0 Å². The number of hydrogen-bond donors (Lipinski definition) is 1. The van der Waals surface area contributed by atoms with Crippen LogP contribution in [0.3, 0.4) is 0 Å². The molecule has 2 rings (SSSR count). The van der Waals surface area contributed by atoms with E-state index in [2.05, 4.69) is 15.5 Å². The highest BCUT2D eigenvalue weighted by atomic mass is 35.5. The molecule has 0 aliphatic heterocycles. The van der Waals surface area contributed by atoms with E-state index in [-0.39, 0.29) is 22.2 Å². The molecule has 9 heteroatoms. The molecule has 0 aliphatic rings. The van der Waals surface area contributed by atoms with Crippen molar-refractivity contribution in [2.24, 2.45) is 0 Å². The third kappa shape index (κ3) is 4.51. The molecule has 0 saturated carbocycles. The smallest absolute Gasteiger partial charge is 0.283 e. The summed E-state index contributed by atoms with van der Waals surface area (Å²) >= 11 is 5.72. The molecule has 1 heterocycles. The molecule has 1 aromatic carbocycles. The maximum atomic E-state index is 12.1. The normalized spacial score (nSPS) is 10.8. The van der Waals surface area contributed by atoms with Crippen molar-refractivity contribution >= 4 is 23.2 Å². The van der Waals surface area contributed by atoms with Crippen molar-refractivity contribution in [1.29, 1.82) is 0 Å². The van der Waals surface area contributed by atoms with Crippen LogP contribution in [0.5, 0.6) is 0 Å². The van der Waals surface area contributed by atoms with Crippen molar-refractivity contribution in [3.8, 4) is 0 Å². The summed E-state index contributed by atoms with van der Waals surface area (Å²) in [6.45, 7) is 4.26. The van der Waals surface area contributed by atoms with Crippen molar-refractivity contribution in [1.82, 2.24) is 15.5 Å². The van der Waals surface area contributed by atoms with E-state index in [1.165, 1.54) is 12.1 Å². The summed E-state index contributed by atoms with van der Waals surface area (Å²) in [6.07, 6.45) is 1.09. The number of nitro groups is 1. The van der Waals surface area contributed by atoms with Gasteiger partial charge in [0, 0.05) is 30.0 Å². The molecule has 2 aromatic rings. The third-order valence-electron chi connectivity index (χ3n) is 3.25. The Kier molecular flexibility index (Phi) is 5.86. The van der Waals surface area contributed by atoms with Crippen LogP contribution < -0.4 is 5.32 Å². The van der Waals surface area contributed by atoms with E-state index in [0.29, 0.717) is 31.1 Å². The first kappa shape index (κ1) is 17.9. The maximum absolute atomic E-state index is 12.1. The lowest BCUT2D eigenvalue weighted by atomic mass is 10.1. The Hall–Kier alpha value is -2.48. The Labute approximate surface area is 143 Å². The zero-order valence-corrected chi connectivity index (χ0v) is 14.0. The topological polar surface area (TPSA) is 111 Å². The van der Waals surface area contributed by atoms with Gasteiger partial charge in [0.25, 0.3) is 11.6 Å². The van der Waals surface area contributed by atoms with Crippen LogP contribution in [-0.2, 0) is 6.42 Å². The van der Waals surface area contributed by atoms with Gasteiger partial charge in [-0.2, -0.15) is 4.98 Å². The minimum Gasteiger partial charge on any atom is -0.352 e. The van der Waals surface area contributed by atoms with Crippen molar-refractivity contribution in [3.63, 3.8) is 0 Å². The highest BCUT2D eigenvalue weighted by molar-refractivity contribution is 6.31. The lowest BCUT2D eigenvalue weighted by Crippen LogP contribution is -2.25. The number of hydrogen-bond acceptors (Lipinski definition) is 6. The number of rotatable bonds is 7. The van der Waals surface area contributed by atoms with Gasteiger partial charge in [-0.1, -0.05) is 30.6 Å². The molecule has 0 bridgehead atoms. The quantitative estimate of drug-likeness (QED) is 0.465. The molecule has 0 radical (unpaired) electrons. The number of aromatic nitrogens is 2.